The number of carbonyl (C=O) groups is 2. The Bertz CT molecular complexity index is 448. The molecule has 0 saturated heterocycles. The first-order chi connectivity index (χ1) is 7.91. The van der Waals surface area contributed by atoms with Crippen molar-refractivity contribution in [2.75, 3.05) is 0 Å². The molecule has 0 heterocycles. The van der Waals surface area contributed by atoms with Crippen LogP contribution in [0.1, 0.15) is 30.6 Å². The zero-order valence-corrected chi connectivity index (χ0v) is 9.67. The summed E-state index contributed by atoms with van der Waals surface area (Å²) in [6, 6.07) is 5.25. The Morgan fingerprint density at radius 3 is 2.18 bits per heavy atom. The smallest absolute Gasteiger partial charge is 0.269 e. The highest BCUT2D eigenvalue weighted by Crippen LogP contribution is 2.14. The number of Topliss-reactive ketones (excluding diaryl/α,β-unsaturated/α-hetero) is 2. The molecule has 0 atom stereocenters. The molecular formula is C12H13NO4. The lowest BCUT2D eigenvalue weighted by Gasteiger charge is -2.03. The van der Waals surface area contributed by atoms with E-state index in [1.807, 2.05) is 0 Å². The van der Waals surface area contributed by atoms with Crippen LogP contribution in [0.25, 0.3) is 0 Å². The van der Waals surface area contributed by atoms with Gasteiger partial charge in [0.15, 0.2) is 5.78 Å². The van der Waals surface area contributed by atoms with Crippen LogP contribution in [-0.4, -0.2) is 16.5 Å². The van der Waals surface area contributed by atoms with E-state index in [9.17, 15) is 19.7 Å². The minimum atomic E-state index is -0.534. The summed E-state index contributed by atoms with van der Waals surface area (Å²) in [5.41, 5.74) is 0.251. The van der Waals surface area contributed by atoms with Crippen molar-refractivity contribution in [2.24, 2.45) is 5.92 Å². The van der Waals surface area contributed by atoms with E-state index in [0.29, 0.717) is 5.56 Å². The van der Waals surface area contributed by atoms with Crippen LogP contribution in [0.15, 0.2) is 24.3 Å². The maximum Gasteiger partial charge on any atom is 0.269 e. The molecule has 1 rings (SSSR count). The summed E-state index contributed by atoms with van der Waals surface area (Å²) in [7, 11) is 0. The molecule has 1 aromatic rings. The van der Waals surface area contributed by atoms with Gasteiger partial charge in [0.05, 0.1) is 11.3 Å². The van der Waals surface area contributed by atoms with Gasteiger partial charge in [-0.2, -0.15) is 0 Å². The Balaban J connectivity index is 2.77. The van der Waals surface area contributed by atoms with Crippen LogP contribution in [-0.2, 0) is 4.79 Å². The van der Waals surface area contributed by atoms with E-state index < -0.39 is 4.92 Å². The lowest BCUT2D eigenvalue weighted by molar-refractivity contribution is -0.384. The predicted molar refractivity (Wildman–Crippen MR) is 61.9 cm³/mol. The van der Waals surface area contributed by atoms with E-state index >= 15 is 0 Å². The Morgan fingerprint density at radius 2 is 1.76 bits per heavy atom. The average molecular weight is 235 g/mol. The molecule has 0 saturated carbocycles. The number of benzene rings is 1. The number of nitro groups is 1. The molecule has 0 N–H and O–H groups in total. The standard InChI is InChI=1S/C12H13NO4/c1-8(2)11(14)7-12(15)9-3-5-10(6-4-9)13(16)17/h3-6,8H,7H2,1-2H3. The third-order valence-electron chi connectivity index (χ3n) is 2.38. The van der Waals surface area contributed by atoms with Crippen LogP contribution in [0.3, 0.4) is 0 Å². The van der Waals surface area contributed by atoms with Gasteiger partial charge < -0.3 is 0 Å². The van der Waals surface area contributed by atoms with Crippen molar-refractivity contribution < 1.29 is 14.5 Å². The fraction of sp³-hybridized carbons (Fsp3) is 0.333. The maximum atomic E-state index is 11.7. The third-order valence-corrected chi connectivity index (χ3v) is 2.38. The quantitative estimate of drug-likeness (QED) is 0.340. The van der Waals surface area contributed by atoms with Crippen molar-refractivity contribution in [3.63, 3.8) is 0 Å². The van der Waals surface area contributed by atoms with Crippen LogP contribution in [0, 0.1) is 16.0 Å². The second-order valence-corrected chi connectivity index (χ2v) is 4.02. The highest BCUT2D eigenvalue weighted by molar-refractivity contribution is 6.08. The third kappa shape index (κ3) is 3.48. The molecule has 0 spiro atoms. The lowest BCUT2D eigenvalue weighted by Crippen LogP contribution is -2.13. The van der Waals surface area contributed by atoms with Crippen molar-refractivity contribution in [2.45, 2.75) is 20.3 Å². The van der Waals surface area contributed by atoms with E-state index in [-0.39, 0.29) is 29.6 Å². The van der Waals surface area contributed by atoms with Gasteiger partial charge in [-0.05, 0) is 12.1 Å². The minimum Gasteiger partial charge on any atom is -0.299 e. The highest BCUT2D eigenvalue weighted by atomic mass is 16.6. The van der Waals surface area contributed by atoms with Crippen molar-refractivity contribution in [3.05, 3.63) is 39.9 Å². The van der Waals surface area contributed by atoms with Crippen molar-refractivity contribution in [3.8, 4) is 0 Å². The van der Waals surface area contributed by atoms with Crippen LogP contribution in [0.5, 0.6) is 0 Å². The molecule has 5 nitrogen and oxygen atoms in total. The van der Waals surface area contributed by atoms with E-state index in [4.69, 9.17) is 0 Å². The van der Waals surface area contributed by atoms with Crippen molar-refractivity contribution in [1.29, 1.82) is 0 Å². The first-order valence-corrected chi connectivity index (χ1v) is 5.22. The fourth-order valence-electron chi connectivity index (χ4n) is 1.23. The van der Waals surface area contributed by atoms with Gasteiger partial charge in [-0.25, -0.2) is 0 Å². The van der Waals surface area contributed by atoms with Gasteiger partial charge >= 0.3 is 0 Å². The van der Waals surface area contributed by atoms with Gasteiger partial charge in [0.2, 0.25) is 0 Å². The molecule has 0 aliphatic carbocycles. The lowest BCUT2D eigenvalue weighted by atomic mass is 10.00. The normalized spacial score (nSPS) is 10.3. The average Bonchev–Trinajstić information content (AvgIpc) is 2.28. The molecule has 17 heavy (non-hydrogen) atoms. The second kappa shape index (κ2) is 5.34. The van der Waals surface area contributed by atoms with E-state index in [2.05, 4.69) is 0 Å². The number of rotatable bonds is 5. The molecule has 0 aliphatic rings. The summed E-state index contributed by atoms with van der Waals surface area (Å²) in [6.07, 6.45) is -0.157. The zero-order valence-electron chi connectivity index (χ0n) is 9.67. The van der Waals surface area contributed by atoms with Crippen molar-refractivity contribution >= 4 is 17.3 Å². The van der Waals surface area contributed by atoms with Crippen LogP contribution < -0.4 is 0 Å². The first kappa shape index (κ1) is 13.0. The van der Waals surface area contributed by atoms with Gasteiger partial charge in [-0.15, -0.1) is 0 Å². The Kier molecular flexibility index (Phi) is 4.09. The SMILES string of the molecule is CC(C)C(=O)CC(=O)c1ccc([N+](=O)[O-])cc1. The number of hydrogen-bond donors (Lipinski definition) is 0. The van der Waals surface area contributed by atoms with Crippen molar-refractivity contribution in [1.82, 2.24) is 0 Å². The number of non-ortho nitro benzene ring substituents is 1. The number of carbonyl (C=O) groups excluding carboxylic acids is 2. The summed E-state index contributed by atoms with van der Waals surface area (Å²) in [6.45, 7) is 3.46. The molecule has 0 fully saturated rings. The van der Waals surface area contributed by atoms with E-state index in [0.717, 1.165) is 0 Å². The van der Waals surface area contributed by atoms with Gasteiger partial charge in [0.25, 0.3) is 5.69 Å². The molecule has 90 valence electrons. The minimum absolute atomic E-state index is 0.0725. The highest BCUT2D eigenvalue weighted by Gasteiger charge is 2.15. The van der Waals surface area contributed by atoms with Gasteiger partial charge in [-0.3, -0.25) is 19.7 Å². The van der Waals surface area contributed by atoms with Gasteiger partial charge in [0, 0.05) is 23.6 Å². The van der Waals surface area contributed by atoms with E-state index in [1.165, 1.54) is 24.3 Å². The zero-order chi connectivity index (χ0) is 13.0. The van der Waals surface area contributed by atoms with Crippen LogP contribution in [0.4, 0.5) is 5.69 Å². The topological polar surface area (TPSA) is 77.3 Å². The monoisotopic (exact) mass is 235 g/mol. The molecule has 0 radical (unpaired) electrons. The first-order valence-electron chi connectivity index (χ1n) is 5.22. The summed E-state index contributed by atoms with van der Waals surface area (Å²) >= 11 is 0. The Morgan fingerprint density at radius 1 is 1.24 bits per heavy atom. The van der Waals surface area contributed by atoms with E-state index in [1.54, 1.807) is 13.8 Å². The number of nitro benzene ring substituents is 1. The van der Waals surface area contributed by atoms with Crippen LogP contribution >= 0.6 is 0 Å². The molecule has 5 heteroatoms. The Hall–Kier alpha value is -2.04. The second-order valence-electron chi connectivity index (χ2n) is 4.02. The van der Waals surface area contributed by atoms with Gasteiger partial charge in [0.1, 0.15) is 5.78 Å². The molecule has 0 unspecified atom stereocenters. The predicted octanol–water partition coefficient (Wildman–Crippen LogP) is 2.39. The molecule has 0 bridgehead atoms. The van der Waals surface area contributed by atoms with Gasteiger partial charge in [-0.1, -0.05) is 13.8 Å². The van der Waals surface area contributed by atoms with Crippen LogP contribution in [0.2, 0.25) is 0 Å². The number of nitrogens with zero attached hydrogens (tertiary/aromatic N) is 1. The summed E-state index contributed by atoms with van der Waals surface area (Å²) in [5, 5.41) is 10.4. The molecule has 0 aliphatic heterocycles. The summed E-state index contributed by atoms with van der Waals surface area (Å²) in [5.74, 6) is -0.621. The number of ketones is 2. The number of hydrogen-bond acceptors (Lipinski definition) is 4. The Labute approximate surface area is 98.6 Å². The molecular weight excluding hydrogens is 222 g/mol. The molecule has 0 amide bonds. The molecule has 0 aromatic heterocycles. The maximum absolute atomic E-state index is 11.7. The summed E-state index contributed by atoms with van der Waals surface area (Å²) < 4.78 is 0. The molecule has 1 aromatic carbocycles. The fourth-order valence-corrected chi connectivity index (χ4v) is 1.23. The summed E-state index contributed by atoms with van der Waals surface area (Å²) in [4.78, 5) is 32.9. The largest absolute Gasteiger partial charge is 0.299 e.